The maximum Gasteiger partial charge on any atom is 0.422 e. The fourth-order valence-corrected chi connectivity index (χ4v) is 2.39. The van der Waals surface area contributed by atoms with Crippen LogP contribution in [0.1, 0.15) is 20.8 Å². The van der Waals surface area contributed by atoms with Gasteiger partial charge in [0.1, 0.15) is 11.4 Å². The van der Waals surface area contributed by atoms with Gasteiger partial charge in [0, 0.05) is 23.3 Å². The first-order chi connectivity index (χ1) is 11.7. The number of ether oxygens (including phenoxy) is 1. The van der Waals surface area contributed by atoms with Crippen molar-refractivity contribution in [2.24, 2.45) is 7.05 Å². The Labute approximate surface area is 149 Å². The molecule has 0 fully saturated rings. The molecule has 0 saturated heterocycles. The number of amides is 2. The SMILES string of the molecule is Cn1cc(Br)cc1C(=O)NNC(=O)c1ccc(OCC(F)(F)F)cc1. The largest absolute Gasteiger partial charge is 0.484 e. The van der Waals surface area contributed by atoms with Gasteiger partial charge in [-0.05, 0) is 46.3 Å². The van der Waals surface area contributed by atoms with Gasteiger partial charge in [-0.25, -0.2) is 0 Å². The van der Waals surface area contributed by atoms with Gasteiger partial charge in [-0.1, -0.05) is 0 Å². The number of aromatic nitrogens is 1. The summed E-state index contributed by atoms with van der Waals surface area (Å²) in [5.41, 5.74) is 4.94. The maximum absolute atomic E-state index is 12.1. The molecule has 0 spiro atoms. The Morgan fingerprint density at radius 2 is 1.76 bits per heavy atom. The van der Waals surface area contributed by atoms with Crippen LogP contribution >= 0.6 is 15.9 Å². The number of hydrogen-bond acceptors (Lipinski definition) is 3. The molecule has 0 saturated carbocycles. The van der Waals surface area contributed by atoms with Crippen LogP contribution < -0.4 is 15.6 Å². The van der Waals surface area contributed by atoms with E-state index in [0.717, 1.165) is 0 Å². The second kappa shape index (κ2) is 7.60. The second-order valence-electron chi connectivity index (χ2n) is 4.99. The van der Waals surface area contributed by atoms with Crippen LogP contribution in [0.4, 0.5) is 13.2 Å². The third kappa shape index (κ3) is 5.52. The number of hydrazine groups is 1. The highest BCUT2D eigenvalue weighted by molar-refractivity contribution is 9.10. The molecule has 2 N–H and O–H groups in total. The van der Waals surface area contributed by atoms with E-state index in [1.54, 1.807) is 23.9 Å². The van der Waals surface area contributed by atoms with E-state index < -0.39 is 24.6 Å². The van der Waals surface area contributed by atoms with Crippen LogP contribution in [0.15, 0.2) is 41.0 Å². The van der Waals surface area contributed by atoms with Crippen LogP contribution in [0.5, 0.6) is 5.75 Å². The molecule has 134 valence electrons. The molecule has 0 unspecified atom stereocenters. The van der Waals surface area contributed by atoms with Gasteiger partial charge >= 0.3 is 6.18 Å². The molecule has 2 amide bonds. The van der Waals surface area contributed by atoms with Crippen LogP contribution in [0, 0.1) is 0 Å². The quantitative estimate of drug-likeness (QED) is 0.748. The van der Waals surface area contributed by atoms with E-state index in [1.165, 1.54) is 24.3 Å². The number of aryl methyl sites for hydroxylation is 1. The van der Waals surface area contributed by atoms with E-state index in [9.17, 15) is 22.8 Å². The molecule has 1 aromatic heterocycles. The van der Waals surface area contributed by atoms with E-state index in [1.807, 2.05) is 0 Å². The molecule has 2 rings (SSSR count). The Kier molecular flexibility index (Phi) is 5.73. The van der Waals surface area contributed by atoms with Gasteiger partial charge in [-0.2, -0.15) is 13.2 Å². The summed E-state index contributed by atoms with van der Waals surface area (Å²) in [4.78, 5) is 23.9. The number of rotatable bonds is 4. The lowest BCUT2D eigenvalue weighted by atomic mass is 10.2. The van der Waals surface area contributed by atoms with Crippen molar-refractivity contribution in [3.05, 3.63) is 52.3 Å². The van der Waals surface area contributed by atoms with E-state index in [4.69, 9.17) is 0 Å². The minimum absolute atomic E-state index is 0.0217. The van der Waals surface area contributed by atoms with Crippen molar-refractivity contribution >= 4 is 27.7 Å². The van der Waals surface area contributed by atoms with Crippen molar-refractivity contribution in [2.75, 3.05) is 6.61 Å². The molecule has 25 heavy (non-hydrogen) atoms. The maximum atomic E-state index is 12.1. The fourth-order valence-electron chi connectivity index (χ4n) is 1.87. The van der Waals surface area contributed by atoms with Crippen LogP contribution in [0.2, 0.25) is 0 Å². The number of nitrogens with zero attached hydrogens (tertiary/aromatic N) is 1. The summed E-state index contributed by atoms with van der Waals surface area (Å²) in [5, 5.41) is 0. The average Bonchev–Trinajstić information content (AvgIpc) is 2.88. The van der Waals surface area contributed by atoms with Gasteiger partial charge in [-0.15, -0.1) is 0 Å². The molecule has 2 aromatic rings. The Morgan fingerprint density at radius 1 is 1.16 bits per heavy atom. The van der Waals surface area contributed by atoms with E-state index >= 15 is 0 Å². The van der Waals surface area contributed by atoms with Crippen molar-refractivity contribution in [3.8, 4) is 5.75 Å². The first-order valence-corrected chi connectivity index (χ1v) is 7.67. The van der Waals surface area contributed by atoms with Gasteiger partial charge in [0.05, 0.1) is 0 Å². The van der Waals surface area contributed by atoms with Crippen molar-refractivity contribution < 1.29 is 27.5 Å². The summed E-state index contributed by atoms with van der Waals surface area (Å²) < 4.78 is 43.0. The highest BCUT2D eigenvalue weighted by atomic mass is 79.9. The first kappa shape index (κ1) is 18.8. The molecule has 0 aliphatic carbocycles. The first-order valence-electron chi connectivity index (χ1n) is 6.88. The van der Waals surface area contributed by atoms with Gasteiger partial charge in [0.25, 0.3) is 11.8 Å². The van der Waals surface area contributed by atoms with E-state index in [-0.39, 0.29) is 11.3 Å². The molecule has 0 radical (unpaired) electrons. The fraction of sp³-hybridized carbons (Fsp3) is 0.200. The number of hydrogen-bond donors (Lipinski definition) is 2. The highest BCUT2D eigenvalue weighted by Crippen LogP contribution is 2.19. The predicted octanol–water partition coefficient (Wildman–Crippen LogP) is 2.80. The summed E-state index contributed by atoms with van der Waals surface area (Å²) in [6.45, 7) is -1.42. The number of nitrogens with one attached hydrogen (secondary N) is 2. The Hall–Kier alpha value is -2.49. The molecule has 10 heteroatoms. The summed E-state index contributed by atoms with van der Waals surface area (Å²) >= 11 is 3.23. The molecule has 0 atom stereocenters. The number of halogens is 4. The zero-order valence-corrected chi connectivity index (χ0v) is 14.4. The van der Waals surface area contributed by atoms with Gasteiger partial charge < -0.3 is 9.30 Å². The smallest absolute Gasteiger partial charge is 0.422 e. The average molecular weight is 420 g/mol. The molecule has 6 nitrogen and oxygen atoms in total. The van der Waals surface area contributed by atoms with Crippen molar-refractivity contribution in [2.45, 2.75) is 6.18 Å². The number of carbonyl (C=O) groups is 2. The highest BCUT2D eigenvalue weighted by Gasteiger charge is 2.28. The monoisotopic (exact) mass is 419 g/mol. The third-order valence-electron chi connectivity index (χ3n) is 3.01. The molecule has 0 aliphatic rings. The summed E-state index contributed by atoms with van der Waals surface area (Å²) in [6.07, 6.45) is -2.76. The number of alkyl halides is 3. The topological polar surface area (TPSA) is 72.4 Å². The molecule has 0 bridgehead atoms. The molecular formula is C15H13BrF3N3O3. The van der Waals surface area contributed by atoms with E-state index in [2.05, 4.69) is 31.5 Å². The summed E-state index contributed by atoms with van der Waals surface area (Å²) in [5.74, 6) is -1.16. The van der Waals surface area contributed by atoms with Gasteiger partial charge in [-0.3, -0.25) is 20.4 Å². The van der Waals surface area contributed by atoms with Crippen molar-refractivity contribution in [1.29, 1.82) is 0 Å². The van der Waals surface area contributed by atoms with Crippen molar-refractivity contribution in [1.82, 2.24) is 15.4 Å². The standard InChI is InChI=1S/C15H13BrF3N3O3/c1-22-7-10(16)6-12(22)14(24)21-20-13(23)9-2-4-11(5-3-9)25-8-15(17,18)19/h2-7H,8H2,1H3,(H,20,23)(H,21,24). The number of benzene rings is 1. The lowest BCUT2D eigenvalue weighted by Gasteiger charge is -2.10. The van der Waals surface area contributed by atoms with Crippen LogP contribution in [0.3, 0.4) is 0 Å². The number of carbonyl (C=O) groups excluding carboxylic acids is 2. The Bertz CT molecular complexity index is 773. The summed E-state index contributed by atoms with van der Waals surface area (Å²) in [7, 11) is 1.67. The minimum Gasteiger partial charge on any atom is -0.484 e. The van der Waals surface area contributed by atoms with Crippen LogP contribution in [-0.2, 0) is 7.05 Å². The molecular weight excluding hydrogens is 407 g/mol. The van der Waals surface area contributed by atoms with Gasteiger partial charge in [0.2, 0.25) is 0 Å². The van der Waals surface area contributed by atoms with Gasteiger partial charge in [0.15, 0.2) is 6.61 Å². The predicted molar refractivity (Wildman–Crippen MR) is 86.0 cm³/mol. The van der Waals surface area contributed by atoms with Crippen LogP contribution in [0.25, 0.3) is 0 Å². The lowest BCUT2D eigenvalue weighted by Crippen LogP contribution is -2.42. The third-order valence-corrected chi connectivity index (χ3v) is 3.45. The molecule has 1 heterocycles. The zero-order chi connectivity index (χ0) is 18.6. The van der Waals surface area contributed by atoms with Crippen LogP contribution in [-0.4, -0.2) is 29.2 Å². The Balaban J connectivity index is 1.90. The Morgan fingerprint density at radius 3 is 2.28 bits per heavy atom. The van der Waals surface area contributed by atoms with E-state index in [0.29, 0.717) is 10.2 Å². The summed E-state index contributed by atoms with van der Waals surface area (Å²) in [6, 6.07) is 6.61. The molecule has 0 aliphatic heterocycles. The normalized spacial score (nSPS) is 11.1. The molecule has 1 aromatic carbocycles. The second-order valence-corrected chi connectivity index (χ2v) is 5.91. The lowest BCUT2D eigenvalue weighted by molar-refractivity contribution is -0.153. The van der Waals surface area contributed by atoms with Crippen molar-refractivity contribution in [3.63, 3.8) is 0 Å². The minimum atomic E-state index is -4.44. The zero-order valence-electron chi connectivity index (χ0n) is 12.9.